The van der Waals surface area contributed by atoms with E-state index in [1.165, 1.54) is 0 Å². The number of hydrogen-bond donors (Lipinski definition) is 1. The van der Waals surface area contributed by atoms with Crippen LogP contribution >= 0.6 is 11.6 Å². The quantitative estimate of drug-likeness (QED) is 0.923. The van der Waals surface area contributed by atoms with Crippen molar-refractivity contribution in [1.29, 1.82) is 0 Å². The number of para-hydroxylation sites is 1. The summed E-state index contributed by atoms with van der Waals surface area (Å²) >= 11 is 6.17. The Labute approximate surface area is 111 Å². The molecule has 4 heteroatoms. The van der Waals surface area contributed by atoms with Gasteiger partial charge in [0, 0.05) is 18.6 Å². The first-order valence-electron chi connectivity index (χ1n) is 5.79. The Morgan fingerprint density at radius 3 is 2.72 bits per heavy atom. The molecule has 0 aliphatic rings. The lowest BCUT2D eigenvalue weighted by Crippen LogP contribution is -2.26. The molecule has 18 heavy (non-hydrogen) atoms. The number of fused-ring (bicyclic) bond motifs is 1. The molecule has 0 spiro atoms. The van der Waals surface area contributed by atoms with Crippen LogP contribution in [0.15, 0.2) is 24.4 Å². The zero-order chi connectivity index (χ0) is 13.5. The molecule has 0 bridgehead atoms. The zero-order valence-corrected chi connectivity index (χ0v) is 11.5. The molecule has 1 N–H and O–H groups in total. The number of carboxylic acids is 1. The second kappa shape index (κ2) is 4.32. The summed E-state index contributed by atoms with van der Waals surface area (Å²) in [6.07, 6.45) is 2.45. The average molecular weight is 266 g/mol. The maximum atomic E-state index is 11.2. The molecule has 0 radical (unpaired) electrons. The van der Waals surface area contributed by atoms with E-state index in [2.05, 4.69) is 0 Å². The molecule has 0 saturated heterocycles. The van der Waals surface area contributed by atoms with Gasteiger partial charge in [0.25, 0.3) is 0 Å². The van der Waals surface area contributed by atoms with E-state index in [0.29, 0.717) is 11.4 Å². The van der Waals surface area contributed by atoms with Gasteiger partial charge in [-0.2, -0.15) is 0 Å². The third kappa shape index (κ3) is 2.10. The Bertz CT molecular complexity index is 614. The van der Waals surface area contributed by atoms with Crippen molar-refractivity contribution < 1.29 is 9.90 Å². The highest BCUT2D eigenvalue weighted by Crippen LogP contribution is 2.31. The predicted octanol–water partition coefficient (Wildman–Crippen LogP) is 3.49. The van der Waals surface area contributed by atoms with Crippen molar-refractivity contribution in [3.63, 3.8) is 0 Å². The lowest BCUT2D eigenvalue weighted by molar-refractivity contribution is -0.146. The van der Waals surface area contributed by atoms with Crippen molar-refractivity contribution in [2.24, 2.45) is 12.5 Å². The minimum absolute atomic E-state index is 0.486. The van der Waals surface area contributed by atoms with E-state index in [0.717, 1.165) is 16.5 Å². The fourth-order valence-electron chi connectivity index (χ4n) is 2.19. The van der Waals surface area contributed by atoms with Gasteiger partial charge in [-0.25, -0.2) is 0 Å². The fourth-order valence-corrected chi connectivity index (χ4v) is 2.50. The summed E-state index contributed by atoms with van der Waals surface area (Å²) in [6.45, 7) is 3.47. The predicted molar refractivity (Wildman–Crippen MR) is 73.0 cm³/mol. The van der Waals surface area contributed by atoms with Crippen LogP contribution < -0.4 is 0 Å². The van der Waals surface area contributed by atoms with Gasteiger partial charge in [-0.1, -0.05) is 23.7 Å². The van der Waals surface area contributed by atoms with E-state index in [9.17, 15) is 9.90 Å². The van der Waals surface area contributed by atoms with Crippen molar-refractivity contribution in [3.05, 3.63) is 35.0 Å². The highest BCUT2D eigenvalue weighted by Gasteiger charge is 2.28. The smallest absolute Gasteiger partial charge is 0.309 e. The molecule has 2 rings (SSSR count). The number of nitrogens with zero attached hydrogens (tertiary/aromatic N) is 1. The summed E-state index contributed by atoms with van der Waals surface area (Å²) < 4.78 is 1.95. The van der Waals surface area contributed by atoms with Gasteiger partial charge in [-0.05, 0) is 31.9 Å². The topological polar surface area (TPSA) is 42.2 Å². The number of halogens is 1. The van der Waals surface area contributed by atoms with Crippen LogP contribution in [0.1, 0.15) is 19.4 Å². The zero-order valence-electron chi connectivity index (χ0n) is 10.7. The number of carboxylic acid groups (broad SMARTS) is 1. The number of carbonyl (C=O) groups is 1. The van der Waals surface area contributed by atoms with Crippen molar-refractivity contribution in [3.8, 4) is 0 Å². The molecule has 1 heterocycles. The van der Waals surface area contributed by atoms with Gasteiger partial charge in [0.2, 0.25) is 0 Å². The van der Waals surface area contributed by atoms with Crippen molar-refractivity contribution in [2.45, 2.75) is 20.3 Å². The molecule has 1 aromatic heterocycles. The number of aryl methyl sites for hydroxylation is 1. The van der Waals surface area contributed by atoms with E-state index >= 15 is 0 Å². The van der Waals surface area contributed by atoms with Crippen LogP contribution in [0.3, 0.4) is 0 Å². The summed E-state index contributed by atoms with van der Waals surface area (Å²) in [7, 11) is 1.92. The first-order valence-corrected chi connectivity index (χ1v) is 6.16. The summed E-state index contributed by atoms with van der Waals surface area (Å²) in [5, 5.41) is 10.9. The van der Waals surface area contributed by atoms with Crippen LogP contribution in [-0.4, -0.2) is 15.6 Å². The summed E-state index contributed by atoms with van der Waals surface area (Å²) in [4.78, 5) is 11.2. The lowest BCUT2D eigenvalue weighted by atomic mass is 9.86. The van der Waals surface area contributed by atoms with Gasteiger partial charge in [0.05, 0.1) is 16.0 Å². The Morgan fingerprint density at radius 1 is 1.44 bits per heavy atom. The minimum Gasteiger partial charge on any atom is -0.481 e. The van der Waals surface area contributed by atoms with E-state index in [1.807, 2.05) is 36.0 Å². The number of rotatable bonds is 3. The van der Waals surface area contributed by atoms with Gasteiger partial charge in [-0.3, -0.25) is 4.79 Å². The minimum atomic E-state index is -0.790. The van der Waals surface area contributed by atoms with Gasteiger partial charge in [0.15, 0.2) is 0 Å². The Morgan fingerprint density at radius 2 is 2.11 bits per heavy atom. The molecule has 96 valence electrons. The SMILES string of the molecule is Cn1cc(CC(C)(C)C(=O)O)c2cccc(Cl)c21. The van der Waals surface area contributed by atoms with Crippen LogP contribution in [-0.2, 0) is 18.3 Å². The normalized spacial score (nSPS) is 12.0. The highest BCUT2D eigenvalue weighted by molar-refractivity contribution is 6.35. The molecule has 3 nitrogen and oxygen atoms in total. The van der Waals surface area contributed by atoms with Crippen molar-refractivity contribution in [2.75, 3.05) is 0 Å². The van der Waals surface area contributed by atoms with E-state index in [1.54, 1.807) is 13.8 Å². The van der Waals surface area contributed by atoms with Gasteiger partial charge in [-0.15, -0.1) is 0 Å². The van der Waals surface area contributed by atoms with Crippen LogP contribution in [0.5, 0.6) is 0 Å². The number of benzene rings is 1. The second-order valence-corrected chi connectivity index (χ2v) is 5.67. The average Bonchev–Trinajstić information content (AvgIpc) is 2.56. The van der Waals surface area contributed by atoms with Gasteiger partial charge in [0.1, 0.15) is 0 Å². The molecular formula is C14H16ClNO2. The molecule has 0 amide bonds. The largest absolute Gasteiger partial charge is 0.481 e. The maximum Gasteiger partial charge on any atom is 0.309 e. The highest BCUT2D eigenvalue weighted by atomic mass is 35.5. The molecule has 0 unspecified atom stereocenters. The van der Waals surface area contributed by atoms with Gasteiger partial charge >= 0.3 is 5.97 Å². The molecule has 0 aliphatic heterocycles. The summed E-state index contributed by atoms with van der Waals surface area (Å²) in [6, 6.07) is 5.71. The molecule has 2 aromatic rings. The fraction of sp³-hybridized carbons (Fsp3) is 0.357. The maximum absolute atomic E-state index is 11.2. The molecular weight excluding hydrogens is 250 g/mol. The third-order valence-corrected chi connectivity index (χ3v) is 3.55. The summed E-state index contributed by atoms with van der Waals surface area (Å²) in [5.74, 6) is -0.790. The van der Waals surface area contributed by atoms with Crippen LogP contribution in [0.2, 0.25) is 5.02 Å². The Hall–Kier alpha value is -1.48. The summed E-state index contributed by atoms with van der Waals surface area (Å²) in [5.41, 5.74) is 1.19. The van der Waals surface area contributed by atoms with Crippen molar-refractivity contribution >= 4 is 28.5 Å². The number of hydrogen-bond acceptors (Lipinski definition) is 1. The molecule has 0 atom stereocenters. The molecule has 0 saturated carbocycles. The van der Waals surface area contributed by atoms with Crippen LogP contribution in [0, 0.1) is 5.41 Å². The van der Waals surface area contributed by atoms with Crippen LogP contribution in [0.25, 0.3) is 10.9 Å². The number of aromatic nitrogens is 1. The Kier molecular flexibility index (Phi) is 3.11. The van der Waals surface area contributed by atoms with Gasteiger partial charge < -0.3 is 9.67 Å². The first kappa shape index (κ1) is 13.0. The molecule has 0 aliphatic carbocycles. The standard InChI is InChI=1S/C14H16ClNO2/c1-14(2,13(17)18)7-9-8-16(3)12-10(9)5-4-6-11(12)15/h4-6,8H,7H2,1-3H3,(H,17,18). The third-order valence-electron chi connectivity index (χ3n) is 3.25. The lowest BCUT2D eigenvalue weighted by Gasteiger charge is -2.18. The van der Waals surface area contributed by atoms with E-state index in [-0.39, 0.29) is 0 Å². The molecule has 0 fully saturated rings. The first-order chi connectivity index (χ1) is 8.33. The molecule has 1 aromatic carbocycles. The Balaban J connectivity index is 2.54. The van der Waals surface area contributed by atoms with E-state index < -0.39 is 11.4 Å². The van der Waals surface area contributed by atoms with Crippen LogP contribution in [0.4, 0.5) is 0 Å². The monoisotopic (exact) mass is 265 g/mol. The second-order valence-electron chi connectivity index (χ2n) is 5.27. The number of aliphatic carboxylic acids is 1. The van der Waals surface area contributed by atoms with E-state index in [4.69, 9.17) is 11.6 Å². The van der Waals surface area contributed by atoms with Crippen molar-refractivity contribution in [1.82, 2.24) is 4.57 Å².